The summed E-state index contributed by atoms with van der Waals surface area (Å²) >= 11 is 0. The van der Waals surface area contributed by atoms with E-state index in [9.17, 15) is 10.2 Å². The minimum absolute atomic E-state index is 0.232. The lowest BCUT2D eigenvalue weighted by Gasteiger charge is -2.08. The van der Waals surface area contributed by atoms with Gasteiger partial charge in [0.15, 0.2) is 0 Å². The van der Waals surface area contributed by atoms with Crippen LogP contribution in [0.25, 0.3) is 0 Å². The van der Waals surface area contributed by atoms with Gasteiger partial charge >= 0.3 is 0 Å². The summed E-state index contributed by atoms with van der Waals surface area (Å²) < 4.78 is 0. The summed E-state index contributed by atoms with van der Waals surface area (Å²) in [5, 5.41) is 19.3. The standard InChI is InChI=1S/C12H18O2/c1-3-5-6-10-11(13)7-9(4-2)8-12(10)14/h7-8,13-14H,3-6H2,1-2H3. The normalized spacial score (nSPS) is 10.4. The summed E-state index contributed by atoms with van der Waals surface area (Å²) in [6.07, 6.45) is 3.63. The molecule has 0 atom stereocenters. The van der Waals surface area contributed by atoms with Crippen molar-refractivity contribution in [2.75, 3.05) is 0 Å². The lowest BCUT2D eigenvalue weighted by Crippen LogP contribution is -1.89. The van der Waals surface area contributed by atoms with Crippen LogP contribution in [-0.4, -0.2) is 10.2 Å². The molecule has 0 fully saturated rings. The summed E-state index contributed by atoms with van der Waals surface area (Å²) in [5.74, 6) is 0.464. The largest absolute Gasteiger partial charge is 0.508 e. The van der Waals surface area contributed by atoms with Crippen molar-refractivity contribution in [3.63, 3.8) is 0 Å². The van der Waals surface area contributed by atoms with E-state index in [0.29, 0.717) is 5.56 Å². The summed E-state index contributed by atoms with van der Waals surface area (Å²) in [5.41, 5.74) is 1.66. The zero-order valence-corrected chi connectivity index (χ0v) is 8.88. The first kappa shape index (κ1) is 10.9. The van der Waals surface area contributed by atoms with Crippen molar-refractivity contribution in [2.24, 2.45) is 0 Å². The summed E-state index contributed by atoms with van der Waals surface area (Å²) in [6.45, 7) is 4.09. The lowest BCUT2D eigenvalue weighted by atomic mass is 10.0. The van der Waals surface area contributed by atoms with Gasteiger partial charge in [0, 0.05) is 5.56 Å². The van der Waals surface area contributed by atoms with E-state index < -0.39 is 0 Å². The molecule has 2 nitrogen and oxygen atoms in total. The Balaban J connectivity index is 2.93. The van der Waals surface area contributed by atoms with Gasteiger partial charge in [-0.3, -0.25) is 0 Å². The van der Waals surface area contributed by atoms with Gasteiger partial charge in [0.2, 0.25) is 0 Å². The third-order valence-electron chi connectivity index (χ3n) is 2.45. The molecular weight excluding hydrogens is 176 g/mol. The molecule has 0 unspecified atom stereocenters. The van der Waals surface area contributed by atoms with Gasteiger partial charge in [-0.15, -0.1) is 0 Å². The first-order chi connectivity index (χ1) is 6.69. The first-order valence-corrected chi connectivity index (χ1v) is 5.22. The molecule has 14 heavy (non-hydrogen) atoms. The van der Waals surface area contributed by atoms with Crippen LogP contribution in [0, 0.1) is 0 Å². The number of hydrogen-bond donors (Lipinski definition) is 2. The van der Waals surface area contributed by atoms with Crippen molar-refractivity contribution in [1.82, 2.24) is 0 Å². The van der Waals surface area contributed by atoms with E-state index in [0.717, 1.165) is 31.2 Å². The number of unbranched alkanes of at least 4 members (excludes halogenated alkanes) is 1. The third-order valence-corrected chi connectivity index (χ3v) is 2.45. The van der Waals surface area contributed by atoms with Crippen LogP contribution < -0.4 is 0 Å². The molecule has 0 saturated heterocycles. The molecule has 0 saturated carbocycles. The molecule has 2 heteroatoms. The average molecular weight is 194 g/mol. The SMILES string of the molecule is CCCCc1c(O)cc(CC)cc1O. The fourth-order valence-corrected chi connectivity index (χ4v) is 1.51. The Bertz CT molecular complexity index is 282. The van der Waals surface area contributed by atoms with Crippen LogP contribution in [0.5, 0.6) is 11.5 Å². The van der Waals surface area contributed by atoms with Gasteiger partial charge in [-0.05, 0) is 37.0 Å². The summed E-state index contributed by atoms with van der Waals surface area (Å²) in [7, 11) is 0. The molecule has 0 amide bonds. The molecule has 0 heterocycles. The number of rotatable bonds is 4. The molecule has 1 rings (SSSR count). The fraction of sp³-hybridized carbons (Fsp3) is 0.500. The maximum atomic E-state index is 9.67. The monoisotopic (exact) mass is 194 g/mol. The number of benzene rings is 1. The van der Waals surface area contributed by atoms with E-state index in [1.807, 2.05) is 6.92 Å². The zero-order chi connectivity index (χ0) is 10.6. The Morgan fingerprint density at radius 2 is 1.64 bits per heavy atom. The molecule has 1 aromatic rings. The van der Waals surface area contributed by atoms with Crippen molar-refractivity contribution in [3.8, 4) is 11.5 Å². The first-order valence-electron chi connectivity index (χ1n) is 5.22. The predicted octanol–water partition coefficient (Wildman–Crippen LogP) is 3.00. The molecule has 0 aliphatic carbocycles. The van der Waals surface area contributed by atoms with Crippen molar-refractivity contribution < 1.29 is 10.2 Å². The van der Waals surface area contributed by atoms with Crippen molar-refractivity contribution in [2.45, 2.75) is 39.5 Å². The van der Waals surface area contributed by atoms with E-state index in [-0.39, 0.29) is 11.5 Å². The van der Waals surface area contributed by atoms with Gasteiger partial charge in [0.25, 0.3) is 0 Å². The highest BCUT2D eigenvalue weighted by molar-refractivity contribution is 5.46. The van der Waals surface area contributed by atoms with Crippen molar-refractivity contribution >= 4 is 0 Å². The van der Waals surface area contributed by atoms with Gasteiger partial charge < -0.3 is 10.2 Å². The van der Waals surface area contributed by atoms with E-state index in [1.165, 1.54) is 0 Å². The molecule has 0 radical (unpaired) electrons. The van der Waals surface area contributed by atoms with E-state index in [4.69, 9.17) is 0 Å². The average Bonchev–Trinajstić information content (AvgIpc) is 2.16. The fourth-order valence-electron chi connectivity index (χ4n) is 1.51. The minimum atomic E-state index is 0.232. The van der Waals surface area contributed by atoms with Gasteiger partial charge in [-0.1, -0.05) is 20.3 Å². The Morgan fingerprint density at radius 1 is 1.07 bits per heavy atom. The highest BCUT2D eigenvalue weighted by Crippen LogP contribution is 2.30. The van der Waals surface area contributed by atoms with Crippen molar-refractivity contribution in [1.29, 1.82) is 0 Å². The summed E-state index contributed by atoms with van der Waals surface area (Å²) in [4.78, 5) is 0. The zero-order valence-electron chi connectivity index (χ0n) is 8.88. The highest BCUT2D eigenvalue weighted by atomic mass is 16.3. The number of phenolic OH excluding ortho intramolecular Hbond substituents is 2. The van der Waals surface area contributed by atoms with Crippen LogP contribution in [0.2, 0.25) is 0 Å². The van der Waals surface area contributed by atoms with Crippen LogP contribution in [-0.2, 0) is 12.8 Å². The molecule has 0 spiro atoms. The van der Waals surface area contributed by atoms with Gasteiger partial charge in [0.1, 0.15) is 11.5 Å². The number of aromatic hydroxyl groups is 2. The van der Waals surface area contributed by atoms with Crippen LogP contribution in [0.1, 0.15) is 37.8 Å². The van der Waals surface area contributed by atoms with Crippen molar-refractivity contribution in [3.05, 3.63) is 23.3 Å². The maximum Gasteiger partial charge on any atom is 0.122 e. The predicted molar refractivity (Wildman–Crippen MR) is 57.8 cm³/mol. The van der Waals surface area contributed by atoms with Crippen LogP contribution in [0.3, 0.4) is 0 Å². The molecule has 0 aliphatic rings. The lowest BCUT2D eigenvalue weighted by molar-refractivity contribution is 0.435. The highest BCUT2D eigenvalue weighted by Gasteiger charge is 2.08. The molecule has 78 valence electrons. The van der Waals surface area contributed by atoms with Crippen LogP contribution in [0.4, 0.5) is 0 Å². The number of phenols is 2. The van der Waals surface area contributed by atoms with E-state index in [2.05, 4.69) is 6.92 Å². The quantitative estimate of drug-likeness (QED) is 0.773. The second kappa shape index (κ2) is 4.89. The molecular formula is C12H18O2. The van der Waals surface area contributed by atoms with Gasteiger partial charge in [0.05, 0.1) is 0 Å². The Hall–Kier alpha value is -1.18. The topological polar surface area (TPSA) is 40.5 Å². The van der Waals surface area contributed by atoms with Gasteiger partial charge in [-0.25, -0.2) is 0 Å². The third kappa shape index (κ3) is 2.41. The van der Waals surface area contributed by atoms with Crippen LogP contribution >= 0.6 is 0 Å². The second-order valence-corrected chi connectivity index (χ2v) is 3.57. The maximum absolute atomic E-state index is 9.67. The Kier molecular flexibility index (Phi) is 3.81. The minimum Gasteiger partial charge on any atom is -0.508 e. The Morgan fingerprint density at radius 3 is 2.07 bits per heavy atom. The van der Waals surface area contributed by atoms with E-state index in [1.54, 1.807) is 12.1 Å². The Labute approximate surface area is 85.2 Å². The molecule has 2 N–H and O–H groups in total. The van der Waals surface area contributed by atoms with E-state index >= 15 is 0 Å². The summed E-state index contributed by atoms with van der Waals surface area (Å²) in [6, 6.07) is 3.48. The van der Waals surface area contributed by atoms with Gasteiger partial charge in [-0.2, -0.15) is 0 Å². The molecule has 0 bridgehead atoms. The second-order valence-electron chi connectivity index (χ2n) is 3.57. The number of hydrogen-bond acceptors (Lipinski definition) is 2. The molecule has 1 aromatic carbocycles. The molecule has 0 aliphatic heterocycles. The molecule has 0 aromatic heterocycles. The smallest absolute Gasteiger partial charge is 0.122 e. The van der Waals surface area contributed by atoms with Crippen LogP contribution in [0.15, 0.2) is 12.1 Å². The number of aryl methyl sites for hydroxylation is 1.